The van der Waals surface area contributed by atoms with E-state index in [9.17, 15) is 18.0 Å². The number of alkyl halides is 3. The van der Waals surface area contributed by atoms with Crippen molar-refractivity contribution in [2.24, 2.45) is 0 Å². The molecule has 0 aliphatic carbocycles. The molecule has 0 aliphatic rings. The van der Waals surface area contributed by atoms with Crippen molar-refractivity contribution in [2.45, 2.75) is 19.2 Å². The molecular weight excluding hydrogens is 343 g/mol. The molecule has 1 atom stereocenters. The van der Waals surface area contributed by atoms with Gasteiger partial charge in [-0.15, -0.1) is 0 Å². The highest BCUT2D eigenvalue weighted by atomic mass is 19.4. The predicted molar refractivity (Wildman–Crippen MR) is 94.1 cm³/mol. The maximum atomic E-state index is 12.6. The van der Waals surface area contributed by atoms with Crippen molar-refractivity contribution in [3.8, 4) is 5.75 Å². The number of anilines is 1. The molecule has 3 nitrogen and oxygen atoms in total. The zero-order chi connectivity index (χ0) is 18.7. The van der Waals surface area contributed by atoms with E-state index in [0.717, 1.165) is 22.9 Å². The first-order valence-electron chi connectivity index (χ1n) is 7.96. The van der Waals surface area contributed by atoms with E-state index in [1.807, 2.05) is 36.4 Å². The van der Waals surface area contributed by atoms with Gasteiger partial charge in [0.2, 0.25) is 0 Å². The summed E-state index contributed by atoms with van der Waals surface area (Å²) in [7, 11) is 0. The van der Waals surface area contributed by atoms with Crippen LogP contribution in [0.15, 0.2) is 66.7 Å². The van der Waals surface area contributed by atoms with Crippen LogP contribution in [0.3, 0.4) is 0 Å². The number of hydrogen-bond acceptors (Lipinski definition) is 2. The minimum Gasteiger partial charge on any atom is -0.481 e. The lowest BCUT2D eigenvalue weighted by Crippen LogP contribution is -2.30. The Labute approximate surface area is 148 Å². The molecular formula is C20H16F3NO2. The second-order valence-electron chi connectivity index (χ2n) is 5.83. The van der Waals surface area contributed by atoms with Gasteiger partial charge in [-0.05, 0) is 54.1 Å². The lowest BCUT2D eigenvalue weighted by Gasteiger charge is -2.15. The highest BCUT2D eigenvalue weighted by Crippen LogP contribution is 2.30. The molecule has 0 fully saturated rings. The first kappa shape index (κ1) is 17.8. The fraction of sp³-hybridized carbons (Fsp3) is 0.150. The minimum absolute atomic E-state index is 0.275. The lowest BCUT2D eigenvalue weighted by molar-refractivity contribution is -0.137. The van der Waals surface area contributed by atoms with Crippen LogP contribution in [0.4, 0.5) is 18.9 Å². The number of fused-ring (bicyclic) bond motifs is 1. The standard InChI is InChI=1S/C20H16F3NO2/c1-13(26-18-11-6-14-4-2-3-5-15(14)12-18)19(25)24-17-9-7-16(8-10-17)20(21,22)23/h2-13H,1H3,(H,24,25)/t13-/m1/s1. The maximum absolute atomic E-state index is 12.6. The quantitative estimate of drug-likeness (QED) is 0.690. The maximum Gasteiger partial charge on any atom is 0.416 e. The van der Waals surface area contributed by atoms with Crippen molar-refractivity contribution in [1.82, 2.24) is 0 Å². The van der Waals surface area contributed by atoms with E-state index in [-0.39, 0.29) is 5.69 Å². The van der Waals surface area contributed by atoms with E-state index in [1.54, 1.807) is 13.0 Å². The van der Waals surface area contributed by atoms with Gasteiger partial charge < -0.3 is 10.1 Å². The Hall–Kier alpha value is -3.02. The molecule has 0 aliphatic heterocycles. The van der Waals surface area contributed by atoms with Gasteiger partial charge in [0.25, 0.3) is 5.91 Å². The van der Waals surface area contributed by atoms with E-state index in [2.05, 4.69) is 5.32 Å². The van der Waals surface area contributed by atoms with E-state index in [1.165, 1.54) is 12.1 Å². The monoisotopic (exact) mass is 359 g/mol. The molecule has 3 aromatic carbocycles. The van der Waals surface area contributed by atoms with Crippen molar-refractivity contribution < 1.29 is 22.7 Å². The summed E-state index contributed by atoms with van der Waals surface area (Å²) in [4.78, 5) is 12.2. The molecule has 0 spiro atoms. The van der Waals surface area contributed by atoms with Gasteiger partial charge >= 0.3 is 6.18 Å². The van der Waals surface area contributed by atoms with Crippen LogP contribution in [-0.4, -0.2) is 12.0 Å². The van der Waals surface area contributed by atoms with Gasteiger partial charge in [0, 0.05) is 5.69 Å². The third-order valence-electron chi connectivity index (χ3n) is 3.88. The van der Waals surface area contributed by atoms with Gasteiger partial charge in [-0.3, -0.25) is 4.79 Å². The lowest BCUT2D eigenvalue weighted by atomic mass is 10.1. The van der Waals surface area contributed by atoms with Gasteiger partial charge in [-0.1, -0.05) is 30.3 Å². The Morgan fingerprint density at radius 2 is 1.62 bits per heavy atom. The van der Waals surface area contributed by atoms with Crippen LogP contribution in [0.1, 0.15) is 12.5 Å². The average Bonchev–Trinajstić information content (AvgIpc) is 2.61. The Morgan fingerprint density at radius 3 is 2.27 bits per heavy atom. The van der Waals surface area contributed by atoms with E-state index in [0.29, 0.717) is 5.75 Å². The highest BCUT2D eigenvalue weighted by molar-refractivity contribution is 5.94. The molecule has 0 saturated heterocycles. The topological polar surface area (TPSA) is 38.3 Å². The van der Waals surface area contributed by atoms with Gasteiger partial charge in [0.15, 0.2) is 6.10 Å². The number of rotatable bonds is 4. The van der Waals surface area contributed by atoms with Crippen molar-refractivity contribution in [3.63, 3.8) is 0 Å². The summed E-state index contributed by atoms with van der Waals surface area (Å²) < 4.78 is 43.3. The second kappa shape index (κ2) is 7.07. The number of carbonyl (C=O) groups is 1. The summed E-state index contributed by atoms with van der Waals surface area (Å²) in [5, 5.41) is 4.59. The third kappa shape index (κ3) is 4.14. The molecule has 134 valence electrons. The number of carbonyl (C=O) groups excluding carboxylic acids is 1. The smallest absolute Gasteiger partial charge is 0.416 e. The Kier molecular flexibility index (Phi) is 4.84. The predicted octanol–water partition coefficient (Wildman–Crippen LogP) is 5.26. The molecule has 0 bridgehead atoms. The van der Waals surface area contributed by atoms with E-state index >= 15 is 0 Å². The van der Waals surface area contributed by atoms with Crippen LogP contribution in [0.2, 0.25) is 0 Å². The Bertz CT molecular complexity index is 920. The summed E-state index contributed by atoms with van der Waals surface area (Å²) in [5.41, 5.74) is -0.493. The summed E-state index contributed by atoms with van der Waals surface area (Å²) >= 11 is 0. The fourth-order valence-electron chi connectivity index (χ4n) is 2.48. The van der Waals surface area contributed by atoms with Crippen molar-refractivity contribution in [2.75, 3.05) is 5.32 Å². The Balaban J connectivity index is 1.65. The summed E-state index contributed by atoms with van der Waals surface area (Å²) in [6, 6.07) is 17.5. The van der Waals surface area contributed by atoms with E-state index < -0.39 is 23.8 Å². The molecule has 3 aromatic rings. The molecule has 0 unspecified atom stereocenters. The number of amides is 1. The number of halogens is 3. The first-order chi connectivity index (χ1) is 12.3. The number of benzene rings is 3. The molecule has 1 N–H and O–H groups in total. The first-order valence-corrected chi connectivity index (χ1v) is 7.96. The van der Waals surface area contributed by atoms with Crippen LogP contribution < -0.4 is 10.1 Å². The van der Waals surface area contributed by atoms with Gasteiger partial charge in [0.05, 0.1) is 5.56 Å². The zero-order valence-electron chi connectivity index (χ0n) is 13.9. The third-order valence-corrected chi connectivity index (χ3v) is 3.88. The SMILES string of the molecule is C[C@@H](Oc1ccc2ccccc2c1)C(=O)Nc1ccc(C(F)(F)F)cc1. The molecule has 0 saturated carbocycles. The highest BCUT2D eigenvalue weighted by Gasteiger charge is 2.30. The Morgan fingerprint density at radius 1 is 0.962 bits per heavy atom. The summed E-state index contributed by atoms with van der Waals surface area (Å²) in [6.45, 7) is 1.58. The van der Waals surface area contributed by atoms with Crippen LogP contribution >= 0.6 is 0 Å². The van der Waals surface area contributed by atoms with Crippen molar-refractivity contribution >= 4 is 22.4 Å². The van der Waals surface area contributed by atoms with Gasteiger partial charge in [0.1, 0.15) is 5.75 Å². The average molecular weight is 359 g/mol. The molecule has 26 heavy (non-hydrogen) atoms. The normalized spacial score (nSPS) is 12.6. The van der Waals surface area contributed by atoms with Crippen LogP contribution in [0.5, 0.6) is 5.75 Å². The molecule has 0 heterocycles. The van der Waals surface area contributed by atoms with E-state index in [4.69, 9.17) is 4.74 Å². The number of ether oxygens (including phenoxy) is 1. The second-order valence-corrected chi connectivity index (χ2v) is 5.83. The summed E-state index contributed by atoms with van der Waals surface area (Å²) in [6.07, 6.45) is -5.21. The summed E-state index contributed by atoms with van der Waals surface area (Å²) in [5.74, 6) is 0.0942. The van der Waals surface area contributed by atoms with Gasteiger partial charge in [-0.2, -0.15) is 13.2 Å². The molecule has 6 heteroatoms. The fourth-order valence-corrected chi connectivity index (χ4v) is 2.48. The number of hydrogen-bond donors (Lipinski definition) is 1. The molecule has 3 rings (SSSR count). The molecule has 1 amide bonds. The zero-order valence-corrected chi connectivity index (χ0v) is 13.9. The number of nitrogens with one attached hydrogen (secondary N) is 1. The van der Waals surface area contributed by atoms with Crippen molar-refractivity contribution in [3.05, 3.63) is 72.3 Å². The molecule has 0 aromatic heterocycles. The van der Waals surface area contributed by atoms with Crippen LogP contribution in [0, 0.1) is 0 Å². The van der Waals surface area contributed by atoms with Crippen LogP contribution in [-0.2, 0) is 11.0 Å². The van der Waals surface area contributed by atoms with Crippen molar-refractivity contribution in [1.29, 1.82) is 0 Å². The van der Waals surface area contributed by atoms with Crippen LogP contribution in [0.25, 0.3) is 10.8 Å². The minimum atomic E-state index is -4.41. The van der Waals surface area contributed by atoms with Gasteiger partial charge in [-0.25, -0.2) is 0 Å². The largest absolute Gasteiger partial charge is 0.481 e. The molecule has 0 radical (unpaired) electrons.